The zero-order valence-electron chi connectivity index (χ0n) is 10.8. The minimum Gasteiger partial charge on any atom is -0.339 e. The van der Waals surface area contributed by atoms with E-state index in [9.17, 15) is 4.79 Å². The zero-order chi connectivity index (χ0) is 12.0. The Balaban J connectivity index is 4.50. The quantitative estimate of drug-likeness (QED) is 0.735. The summed E-state index contributed by atoms with van der Waals surface area (Å²) in [5.74, 6) is 0.358. The van der Waals surface area contributed by atoms with Gasteiger partial charge in [0.1, 0.15) is 0 Å². The Morgan fingerprint density at radius 2 is 1.73 bits per heavy atom. The molecule has 0 rings (SSSR count). The maximum absolute atomic E-state index is 12.1. The average molecular weight is 214 g/mol. The van der Waals surface area contributed by atoms with Gasteiger partial charge in [0.25, 0.3) is 0 Å². The first-order chi connectivity index (χ1) is 6.99. The summed E-state index contributed by atoms with van der Waals surface area (Å²) in [4.78, 5) is 14.0. The lowest BCUT2D eigenvalue weighted by molar-refractivity contribution is -0.135. The van der Waals surface area contributed by atoms with Crippen molar-refractivity contribution in [2.75, 3.05) is 6.54 Å². The Bertz CT molecular complexity index is 194. The van der Waals surface area contributed by atoms with Crippen LogP contribution in [0.2, 0.25) is 0 Å². The van der Waals surface area contributed by atoms with Crippen molar-refractivity contribution in [3.05, 3.63) is 0 Å². The molecule has 0 saturated heterocycles. The zero-order valence-corrected chi connectivity index (χ0v) is 10.8. The van der Waals surface area contributed by atoms with Gasteiger partial charge in [-0.3, -0.25) is 4.79 Å². The van der Waals surface area contributed by atoms with E-state index in [-0.39, 0.29) is 23.9 Å². The van der Waals surface area contributed by atoms with Gasteiger partial charge in [-0.2, -0.15) is 0 Å². The minimum atomic E-state index is -0.344. The second kappa shape index (κ2) is 6.83. The van der Waals surface area contributed by atoms with Gasteiger partial charge in [0.2, 0.25) is 5.91 Å². The highest BCUT2D eigenvalue weighted by Gasteiger charge is 2.26. The lowest BCUT2D eigenvalue weighted by atomic mass is 9.98. The SMILES string of the molecule is CCC(C)[C@H](N)C(=O)N(CC)C(C)CC. The molecule has 2 N–H and O–H groups in total. The summed E-state index contributed by atoms with van der Waals surface area (Å²) in [6.07, 6.45) is 1.93. The summed E-state index contributed by atoms with van der Waals surface area (Å²) in [7, 11) is 0. The second-order valence-electron chi connectivity index (χ2n) is 4.29. The molecule has 0 aromatic carbocycles. The molecule has 2 unspecified atom stereocenters. The smallest absolute Gasteiger partial charge is 0.239 e. The molecule has 0 heterocycles. The number of carbonyl (C=O) groups is 1. The number of nitrogens with two attached hydrogens (primary N) is 1. The first-order valence-electron chi connectivity index (χ1n) is 6.05. The molecular formula is C12H26N2O. The summed E-state index contributed by atoms with van der Waals surface area (Å²) >= 11 is 0. The van der Waals surface area contributed by atoms with Crippen LogP contribution in [0.15, 0.2) is 0 Å². The van der Waals surface area contributed by atoms with E-state index in [0.29, 0.717) is 0 Å². The van der Waals surface area contributed by atoms with E-state index in [4.69, 9.17) is 5.73 Å². The molecule has 0 aromatic rings. The van der Waals surface area contributed by atoms with E-state index in [1.54, 1.807) is 0 Å². The number of amides is 1. The van der Waals surface area contributed by atoms with Crippen LogP contribution in [0.4, 0.5) is 0 Å². The van der Waals surface area contributed by atoms with Crippen molar-refractivity contribution in [2.45, 2.75) is 59.5 Å². The Kier molecular flexibility index (Phi) is 6.57. The fraction of sp³-hybridized carbons (Fsp3) is 0.917. The third-order valence-corrected chi connectivity index (χ3v) is 3.29. The highest BCUT2D eigenvalue weighted by atomic mass is 16.2. The number of hydrogen-bond donors (Lipinski definition) is 1. The van der Waals surface area contributed by atoms with Crippen LogP contribution in [-0.4, -0.2) is 29.4 Å². The predicted octanol–water partition coefficient (Wildman–Crippen LogP) is 2.01. The Labute approximate surface area is 94.0 Å². The summed E-state index contributed by atoms with van der Waals surface area (Å²) in [6.45, 7) is 11.0. The highest BCUT2D eigenvalue weighted by Crippen LogP contribution is 2.11. The summed E-state index contributed by atoms with van der Waals surface area (Å²) < 4.78 is 0. The lowest BCUT2D eigenvalue weighted by Crippen LogP contribution is -2.50. The number of likely N-dealkylation sites (N-methyl/N-ethyl adjacent to an activating group) is 1. The van der Waals surface area contributed by atoms with E-state index in [1.165, 1.54) is 0 Å². The minimum absolute atomic E-state index is 0.0983. The van der Waals surface area contributed by atoms with Crippen LogP contribution in [0.25, 0.3) is 0 Å². The number of nitrogens with zero attached hydrogens (tertiary/aromatic N) is 1. The van der Waals surface area contributed by atoms with Crippen molar-refractivity contribution >= 4 is 5.91 Å². The van der Waals surface area contributed by atoms with Gasteiger partial charge in [0, 0.05) is 12.6 Å². The highest BCUT2D eigenvalue weighted by molar-refractivity contribution is 5.82. The molecule has 0 aliphatic rings. The van der Waals surface area contributed by atoms with Crippen molar-refractivity contribution in [1.82, 2.24) is 4.90 Å². The van der Waals surface area contributed by atoms with E-state index < -0.39 is 0 Å². The van der Waals surface area contributed by atoms with Gasteiger partial charge >= 0.3 is 0 Å². The molecule has 0 bridgehead atoms. The third-order valence-electron chi connectivity index (χ3n) is 3.29. The van der Waals surface area contributed by atoms with Gasteiger partial charge < -0.3 is 10.6 Å². The second-order valence-corrected chi connectivity index (χ2v) is 4.29. The largest absolute Gasteiger partial charge is 0.339 e. The summed E-state index contributed by atoms with van der Waals surface area (Å²) in [5.41, 5.74) is 5.95. The van der Waals surface area contributed by atoms with Crippen LogP contribution in [0.1, 0.15) is 47.5 Å². The predicted molar refractivity (Wildman–Crippen MR) is 64.6 cm³/mol. The van der Waals surface area contributed by atoms with Crippen molar-refractivity contribution < 1.29 is 4.79 Å². The van der Waals surface area contributed by atoms with E-state index >= 15 is 0 Å². The van der Waals surface area contributed by atoms with Crippen LogP contribution in [0.5, 0.6) is 0 Å². The van der Waals surface area contributed by atoms with Crippen LogP contribution in [0.3, 0.4) is 0 Å². The summed E-state index contributed by atoms with van der Waals surface area (Å²) in [5, 5.41) is 0. The van der Waals surface area contributed by atoms with Crippen LogP contribution in [-0.2, 0) is 4.79 Å². The third kappa shape index (κ3) is 3.82. The fourth-order valence-electron chi connectivity index (χ4n) is 1.59. The molecule has 3 heteroatoms. The number of carbonyl (C=O) groups excluding carboxylic acids is 1. The fourth-order valence-corrected chi connectivity index (χ4v) is 1.59. The maximum atomic E-state index is 12.1. The van der Waals surface area contributed by atoms with Crippen LogP contribution < -0.4 is 5.73 Å². The molecule has 0 spiro atoms. The molecule has 0 fully saturated rings. The van der Waals surface area contributed by atoms with E-state index in [1.807, 2.05) is 18.7 Å². The molecule has 0 aliphatic carbocycles. The summed E-state index contributed by atoms with van der Waals surface area (Å²) in [6, 6.07) is -0.0541. The Morgan fingerprint density at radius 3 is 2.07 bits per heavy atom. The van der Waals surface area contributed by atoms with Gasteiger partial charge in [-0.05, 0) is 26.2 Å². The molecule has 0 aliphatic heterocycles. The molecule has 1 amide bonds. The van der Waals surface area contributed by atoms with E-state index in [2.05, 4.69) is 20.8 Å². The molecule has 15 heavy (non-hydrogen) atoms. The topological polar surface area (TPSA) is 46.3 Å². The number of rotatable bonds is 6. The monoisotopic (exact) mass is 214 g/mol. The molecule has 3 nitrogen and oxygen atoms in total. The van der Waals surface area contributed by atoms with Gasteiger partial charge in [-0.1, -0.05) is 27.2 Å². The normalized spacial score (nSPS) is 16.9. The van der Waals surface area contributed by atoms with Gasteiger partial charge in [-0.25, -0.2) is 0 Å². The Morgan fingerprint density at radius 1 is 1.20 bits per heavy atom. The van der Waals surface area contributed by atoms with Crippen molar-refractivity contribution in [3.8, 4) is 0 Å². The van der Waals surface area contributed by atoms with Crippen LogP contribution >= 0.6 is 0 Å². The molecule has 0 aromatic heterocycles. The van der Waals surface area contributed by atoms with Gasteiger partial charge in [-0.15, -0.1) is 0 Å². The average Bonchev–Trinajstić information content (AvgIpc) is 2.27. The van der Waals surface area contributed by atoms with Gasteiger partial charge in [0.15, 0.2) is 0 Å². The molecule has 0 saturated carbocycles. The van der Waals surface area contributed by atoms with Crippen molar-refractivity contribution in [3.63, 3.8) is 0 Å². The maximum Gasteiger partial charge on any atom is 0.239 e. The van der Waals surface area contributed by atoms with Crippen molar-refractivity contribution in [1.29, 1.82) is 0 Å². The van der Waals surface area contributed by atoms with Crippen LogP contribution in [0, 0.1) is 5.92 Å². The lowest BCUT2D eigenvalue weighted by Gasteiger charge is -2.31. The van der Waals surface area contributed by atoms with E-state index in [0.717, 1.165) is 19.4 Å². The first kappa shape index (κ1) is 14.4. The molecule has 3 atom stereocenters. The van der Waals surface area contributed by atoms with Gasteiger partial charge in [0.05, 0.1) is 6.04 Å². The first-order valence-corrected chi connectivity index (χ1v) is 6.05. The van der Waals surface area contributed by atoms with Crippen molar-refractivity contribution in [2.24, 2.45) is 11.7 Å². The standard InChI is InChI=1S/C12H26N2O/c1-6-9(4)11(13)12(15)14(8-3)10(5)7-2/h9-11H,6-8,13H2,1-5H3/t9?,10?,11-/m0/s1. The molecular weight excluding hydrogens is 188 g/mol. The molecule has 0 radical (unpaired) electrons. The number of hydrogen-bond acceptors (Lipinski definition) is 2. The Hall–Kier alpha value is -0.570. The molecule has 90 valence electrons.